The Labute approximate surface area is 162 Å². The Hall–Kier alpha value is -3.61. The van der Waals surface area contributed by atoms with Crippen LogP contribution in [0.5, 0.6) is 11.5 Å². The molecule has 144 valence electrons. The minimum atomic E-state index is -0.532. The maximum atomic E-state index is 12.3. The largest absolute Gasteiger partial charge is 0.493 e. The normalized spacial score (nSPS) is 10.4. The van der Waals surface area contributed by atoms with Crippen molar-refractivity contribution in [1.82, 2.24) is 10.1 Å². The van der Waals surface area contributed by atoms with E-state index in [4.69, 9.17) is 18.7 Å². The molecule has 0 radical (unpaired) electrons. The molecule has 28 heavy (non-hydrogen) atoms. The Bertz CT molecular complexity index is 963. The molecule has 3 aromatic rings. The van der Waals surface area contributed by atoms with Crippen LogP contribution in [0.2, 0.25) is 0 Å². The molecule has 0 atom stereocenters. The molecule has 0 saturated heterocycles. The minimum absolute atomic E-state index is 0.106. The van der Waals surface area contributed by atoms with Gasteiger partial charge in [0, 0.05) is 5.56 Å². The number of aromatic nitrogens is 2. The summed E-state index contributed by atoms with van der Waals surface area (Å²) in [6.45, 7) is 5.82. The first kappa shape index (κ1) is 19.2. The van der Waals surface area contributed by atoms with Crippen LogP contribution in [0.3, 0.4) is 0 Å². The van der Waals surface area contributed by atoms with Crippen molar-refractivity contribution in [3.63, 3.8) is 0 Å². The summed E-state index contributed by atoms with van der Waals surface area (Å²) in [5, 5.41) is 3.84. The maximum absolute atomic E-state index is 12.3. The van der Waals surface area contributed by atoms with Crippen molar-refractivity contribution in [1.29, 1.82) is 0 Å². The van der Waals surface area contributed by atoms with Gasteiger partial charge < -0.3 is 18.7 Å². The van der Waals surface area contributed by atoms with Crippen molar-refractivity contribution in [3.8, 4) is 23.0 Å². The second-order valence-corrected chi connectivity index (χ2v) is 5.92. The number of aryl methyl sites for hydroxylation is 1. The van der Waals surface area contributed by atoms with E-state index in [2.05, 4.69) is 16.7 Å². The van der Waals surface area contributed by atoms with Crippen LogP contribution in [0.4, 0.5) is 0 Å². The molecular weight excluding hydrogens is 360 g/mol. The third-order valence-electron chi connectivity index (χ3n) is 3.85. The zero-order chi connectivity index (χ0) is 19.9. The minimum Gasteiger partial charge on any atom is -0.493 e. The van der Waals surface area contributed by atoms with Gasteiger partial charge in [-0.15, -0.1) is 0 Å². The van der Waals surface area contributed by atoms with Gasteiger partial charge in [-0.3, -0.25) is 0 Å². The molecule has 7 nitrogen and oxygen atoms in total. The number of hydrogen-bond donors (Lipinski definition) is 0. The lowest BCUT2D eigenvalue weighted by Crippen LogP contribution is -2.07. The van der Waals surface area contributed by atoms with Crippen LogP contribution in [0, 0.1) is 6.92 Å². The molecule has 0 aliphatic carbocycles. The van der Waals surface area contributed by atoms with E-state index >= 15 is 0 Å². The Morgan fingerprint density at radius 1 is 1.18 bits per heavy atom. The molecule has 0 saturated carbocycles. The highest BCUT2D eigenvalue weighted by Gasteiger charge is 2.15. The molecule has 0 unspecified atom stereocenters. The predicted molar refractivity (Wildman–Crippen MR) is 102 cm³/mol. The monoisotopic (exact) mass is 380 g/mol. The van der Waals surface area contributed by atoms with Crippen LogP contribution < -0.4 is 9.47 Å². The Morgan fingerprint density at radius 2 is 1.96 bits per heavy atom. The zero-order valence-electron chi connectivity index (χ0n) is 15.7. The molecule has 0 fully saturated rings. The first-order valence-electron chi connectivity index (χ1n) is 8.59. The van der Waals surface area contributed by atoms with Gasteiger partial charge in [0.25, 0.3) is 5.89 Å². The van der Waals surface area contributed by atoms with Crippen molar-refractivity contribution >= 4 is 5.97 Å². The van der Waals surface area contributed by atoms with Crippen LogP contribution in [-0.2, 0) is 11.3 Å². The molecule has 0 aliphatic heterocycles. The molecule has 1 heterocycles. The van der Waals surface area contributed by atoms with E-state index in [0.29, 0.717) is 29.6 Å². The Morgan fingerprint density at radius 3 is 2.68 bits per heavy atom. The molecule has 0 bridgehead atoms. The van der Waals surface area contributed by atoms with Crippen LogP contribution in [0.15, 0.2) is 59.6 Å². The first-order chi connectivity index (χ1) is 13.6. The standard InChI is InChI=1S/C21H20N2O5/c1-4-11-26-17-10-9-16(12-18(17)25-3)21(24)27-13-19-22-20(28-23-19)15-7-5-14(2)6-8-15/h4-10,12H,1,11,13H2,2-3H3. The van der Waals surface area contributed by atoms with Gasteiger partial charge in [0.1, 0.15) is 6.61 Å². The van der Waals surface area contributed by atoms with E-state index in [0.717, 1.165) is 11.1 Å². The molecule has 0 aliphatic rings. The van der Waals surface area contributed by atoms with Crippen molar-refractivity contribution in [2.45, 2.75) is 13.5 Å². The number of benzene rings is 2. The lowest BCUT2D eigenvalue weighted by molar-refractivity contribution is 0.0459. The average Bonchev–Trinajstić information content (AvgIpc) is 3.20. The highest BCUT2D eigenvalue weighted by Crippen LogP contribution is 2.28. The smallest absolute Gasteiger partial charge is 0.338 e. The number of carbonyl (C=O) groups excluding carboxylic acids is 1. The van der Waals surface area contributed by atoms with E-state index in [1.807, 2.05) is 31.2 Å². The van der Waals surface area contributed by atoms with Crippen molar-refractivity contribution in [2.24, 2.45) is 0 Å². The molecule has 0 N–H and O–H groups in total. The van der Waals surface area contributed by atoms with Crippen LogP contribution in [-0.4, -0.2) is 29.8 Å². The number of rotatable bonds is 8. The lowest BCUT2D eigenvalue weighted by Gasteiger charge is -2.10. The number of ether oxygens (including phenoxy) is 3. The molecule has 2 aromatic carbocycles. The topological polar surface area (TPSA) is 83.7 Å². The maximum Gasteiger partial charge on any atom is 0.338 e. The van der Waals surface area contributed by atoms with Gasteiger partial charge in [0.2, 0.25) is 5.82 Å². The average molecular weight is 380 g/mol. The van der Waals surface area contributed by atoms with E-state index in [-0.39, 0.29) is 12.4 Å². The fourth-order valence-corrected chi connectivity index (χ4v) is 2.40. The van der Waals surface area contributed by atoms with Crippen LogP contribution >= 0.6 is 0 Å². The van der Waals surface area contributed by atoms with Gasteiger partial charge in [0.05, 0.1) is 12.7 Å². The van der Waals surface area contributed by atoms with E-state index in [9.17, 15) is 4.79 Å². The van der Waals surface area contributed by atoms with E-state index in [1.54, 1.807) is 24.3 Å². The third kappa shape index (κ3) is 4.56. The van der Waals surface area contributed by atoms with Gasteiger partial charge in [-0.05, 0) is 37.3 Å². The summed E-state index contributed by atoms with van der Waals surface area (Å²) < 4.78 is 21.2. The summed E-state index contributed by atoms with van der Waals surface area (Å²) >= 11 is 0. The number of carbonyl (C=O) groups is 1. The van der Waals surface area contributed by atoms with Crippen molar-refractivity contribution < 1.29 is 23.5 Å². The molecule has 0 amide bonds. The Balaban J connectivity index is 1.64. The zero-order valence-corrected chi connectivity index (χ0v) is 15.7. The summed E-state index contributed by atoms with van der Waals surface area (Å²) in [5.74, 6) is 1.06. The molecule has 1 aromatic heterocycles. The number of hydrogen-bond acceptors (Lipinski definition) is 7. The number of methoxy groups -OCH3 is 1. The number of esters is 1. The van der Waals surface area contributed by atoms with Gasteiger partial charge >= 0.3 is 5.97 Å². The lowest BCUT2D eigenvalue weighted by atomic mass is 10.1. The highest BCUT2D eigenvalue weighted by atomic mass is 16.5. The van der Waals surface area contributed by atoms with Gasteiger partial charge in [-0.25, -0.2) is 4.79 Å². The molecule has 0 spiro atoms. The molecule has 3 rings (SSSR count). The van der Waals surface area contributed by atoms with Gasteiger partial charge in [-0.2, -0.15) is 4.98 Å². The summed E-state index contributed by atoms with van der Waals surface area (Å²) in [7, 11) is 1.50. The summed E-state index contributed by atoms with van der Waals surface area (Å²) in [6.07, 6.45) is 1.62. The Kier molecular flexibility index (Phi) is 6.06. The quantitative estimate of drug-likeness (QED) is 0.432. The predicted octanol–water partition coefficient (Wildman–Crippen LogP) is 3.98. The second kappa shape index (κ2) is 8.85. The van der Waals surface area contributed by atoms with Crippen molar-refractivity contribution in [3.05, 3.63) is 72.1 Å². The third-order valence-corrected chi connectivity index (χ3v) is 3.85. The van der Waals surface area contributed by atoms with Crippen molar-refractivity contribution in [2.75, 3.05) is 13.7 Å². The summed E-state index contributed by atoms with van der Waals surface area (Å²) in [6, 6.07) is 12.5. The summed E-state index contributed by atoms with van der Waals surface area (Å²) in [5.41, 5.74) is 2.26. The SMILES string of the molecule is C=CCOc1ccc(C(=O)OCc2noc(-c3ccc(C)cc3)n2)cc1OC. The fourth-order valence-electron chi connectivity index (χ4n) is 2.40. The van der Waals surface area contributed by atoms with Gasteiger partial charge in [0.15, 0.2) is 18.1 Å². The van der Waals surface area contributed by atoms with Gasteiger partial charge in [-0.1, -0.05) is 35.5 Å². The molecular formula is C21H20N2O5. The van der Waals surface area contributed by atoms with E-state index < -0.39 is 5.97 Å². The van der Waals surface area contributed by atoms with Crippen LogP contribution in [0.25, 0.3) is 11.5 Å². The van der Waals surface area contributed by atoms with Crippen LogP contribution in [0.1, 0.15) is 21.7 Å². The fraction of sp³-hybridized carbons (Fsp3) is 0.190. The molecule has 7 heteroatoms. The highest BCUT2D eigenvalue weighted by molar-refractivity contribution is 5.90. The summed E-state index contributed by atoms with van der Waals surface area (Å²) in [4.78, 5) is 16.6. The second-order valence-electron chi connectivity index (χ2n) is 5.92. The first-order valence-corrected chi connectivity index (χ1v) is 8.59. The number of nitrogens with zero attached hydrogens (tertiary/aromatic N) is 2. The van der Waals surface area contributed by atoms with E-state index in [1.165, 1.54) is 7.11 Å².